The van der Waals surface area contributed by atoms with Crippen molar-refractivity contribution in [3.63, 3.8) is 0 Å². The summed E-state index contributed by atoms with van der Waals surface area (Å²) in [5, 5.41) is 15.1. The highest BCUT2D eigenvalue weighted by molar-refractivity contribution is 6.01. The van der Waals surface area contributed by atoms with Crippen LogP contribution in [-0.4, -0.2) is 20.0 Å². The molecule has 3 aromatic carbocycles. The maximum absolute atomic E-state index is 5.04. The molecule has 0 unspecified atom stereocenters. The lowest BCUT2D eigenvalue weighted by atomic mass is 10.0. The lowest BCUT2D eigenvalue weighted by molar-refractivity contribution is 0.902. The number of aryl methyl sites for hydroxylation is 2. The van der Waals surface area contributed by atoms with Gasteiger partial charge < -0.3 is 0 Å². The Balaban J connectivity index is 1.89. The highest BCUT2D eigenvalue weighted by Crippen LogP contribution is 2.36. The largest absolute Gasteiger partial charge is 0.232 e. The predicted octanol–water partition coefficient (Wildman–Crippen LogP) is 5.77. The molecule has 0 spiro atoms. The molecule has 0 atom stereocenters. The molecule has 5 aromatic rings. The van der Waals surface area contributed by atoms with Gasteiger partial charge in [0, 0.05) is 11.1 Å². The van der Waals surface area contributed by atoms with Gasteiger partial charge in [0.2, 0.25) is 0 Å². The van der Waals surface area contributed by atoms with E-state index in [0.29, 0.717) is 0 Å². The van der Waals surface area contributed by atoms with E-state index in [-0.39, 0.29) is 0 Å². The van der Waals surface area contributed by atoms with Gasteiger partial charge in [-0.3, -0.25) is 0 Å². The van der Waals surface area contributed by atoms with Crippen LogP contribution in [0, 0.1) is 13.8 Å². The first-order chi connectivity index (χ1) is 14.2. The number of fused-ring (bicyclic) bond motifs is 1. The fraction of sp³-hybridized carbons (Fsp3) is 0.0800. The van der Waals surface area contributed by atoms with E-state index in [0.717, 1.165) is 44.8 Å². The van der Waals surface area contributed by atoms with Crippen molar-refractivity contribution in [2.24, 2.45) is 0 Å². The maximum Gasteiger partial charge on any atom is 0.123 e. The quantitative estimate of drug-likeness (QED) is 0.402. The summed E-state index contributed by atoms with van der Waals surface area (Å²) < 4.78 is 2.02. The third-order valence-corrected chi connectivity index (χ3v) is 5.14. The van der Waals surface area contributed by atoms with Crippen molar-refractivity contribution in [1.29, 1.82) is 0 Å². The Kier molecular flexibility index (Phi) is 4.17. The number of hydrogen-bond donors (Lipinski definition) is 0. The molecule has 4 heteroatoms. The highest BCUT2D eigenvalue weighted by atomic mass is 15.3. The third-order valence-electron chi connectivity index (χ3n) is 5.14. The molecule has 0 bridgehead atoms. The van der Waals surface area contributed by atoms with Crippen LogP contribution in [0.1, 0.15) is 11.3 Å². The van der Waals surface area contributed by atoms with Crippen molar-refractivity contribution in [2.75, 3.05) is 0 Å². The zero-order chi connectivity index (χ0) is 19.8. The van der Waals surface area contributed by atoms with Gasteiger partial charge in [0.25, 0.3) is 0 Å². The van der Waals surface area contributed by atoms with E-state index in [1.807, 2.05) is 48.0 Å². The van der Waals surface area contributed by atoms with Crippen molar-refractivity contribution >= 4 is 10.9 Å². The fourth-order valence-corrected chi connectivity index (χ4v) is 3.67. The van der Waals surface area contributed by atoms with E-state index in [4.69, 9.17) is 5.10 Å². The lowest BCUT2D eigenvalue weighted by Gasteiger charge is -2.09. The lowest BCUT2D eigenvalue weighted by Crippen LogP contribution is -1.99. The van der Waals surface area contributed by atoms with Crippen LogP contribution >= 0.6 is 0 Å². The van der Waals surface area contributed by atoms with Crippen LogP contribution in [0.4, 0.5) is 0 Å². The van der Waals surface area contributed by atoms with Gasteiger partial charge in [-0.1, -0.05) is 78.4 Å². The summed E-state index contributed by atoms with van der Waals surface area (Å²) in [6, 6.07) is 28.9. The van der Waals surface area contributed by atoms with Crippen LogP contribution in [0.5, 0.6) is 0 Å². The summed E-state index contributed by atoms with van der Waals surface area (Å²) in [6.45, 7) is 4.09. The third kappa shape index (κ3) is 2.99. The van der Waals surface area contributed by atoms with Crippen LogP contribution in [0.25, 0.3) is 39.1 Å². The van der Waals surface area contributed by atoms with Gasteiger partial charge in [-0.2, -0.15) is 10.2 Å². The van der Waals surface area contributed by atoms with Crippen LogP contribution in [-0.2, 0) is 0 Å². The number of aromatic nitrogens is 4. The van der Waals surface area contributed by atoms with Crippen molar-refractivity contribution in [1.82, 2.24) is 20.0 Å². The molecule has 5 rings (SSSR count). The Morgan fingerprint density at radius 1 is 0.655 bits per heavy atom. The molecular weight excluding hydrogens is 356 g/mol. The van der Waals surface area contributed by atoms with Crippen LogP contribution in [0.2, 0.25) is 0 Å². The molecule has 2 aromatic heterocycles. The van der Waals surface area contributed by atoms with Gasteiger partial charge in [0.15, 0.2) is 0 Å². The van der Waals surface area contributed by atoms with Gasteiger partial charge >= 0.3 is 0 Å². The molecule has 0 N–H and O–H groups in total. The average molecular weight is 376 g/mol. The normalized spacial score (nSPS) is 11.1. The Labute approximate surface area is 169 Å². The summed E-state index contributed by atoms with van der Waals surface area (Å²) >= 11 is 0. The van der Waals surface area contributed by atoms with Gasteiger partial charge in [0.05, 0.1) is 22.5 Å². The van der Waals surface area contributed by atoms with Crippen LogP contribution in [0.15, 0.2) is 84.9 Å². The minimum absolute atomic E-state index is 0.800. The second kappa shape index (κ2) is 6.99. The van der Waals surface area contributed by atoms with E-state index < -0.39 is 0 Å². The number of rotatable bonds is 3. The second-order valence-corrected chi connectivity index (χ2v) is 7.19. The smallest absolute Gasteiger partial charge is 0.123 e. The molecular formula is C25H20N4. The first-order valence-corrected chi connectivity index (χ1v) is 9.66. The fourth-order valence-electron chi connectivity index (χ4n) is 3.67. The highest BCUT2D eigenvalue weighted by Gasteiger charge is 2.21. The number of nitrogens with zero attached hydrogens (tertiary/aromatic N) is 4. The summed E-state index contributed by atoms with van der Waals surface area (Å²) in [6.07, 6.45) is 0. The Morgan fingerprint density at radius 3 is 1.93 bits per heavy atom. The molecule has 0 fully saturated rings. The van der Waals surface area contributed by atoms with Gasteiger partial charge in [-0.15, -0.1) is 5.10 Å². The van der Waals surface area contributed by atoms with Crippen molar-refractivity contribution in [2.45, 2.75) is 13.8 Å². The molecule has 0 aliphatic heterocycles. The zero-order valence-corrected chi connectivity index (χ0v) is 16.4. The SMILES string of the molecule is Cc1ccc(-n2nc3c(-c4ccccc4)nnc(C)c3c2-c2ccccc2)cc1. The Hall–Kier alpha value is -3.79. The Morgan fingerprint density at radius 2 is 1.28 bits per heavy atom. The predicted molar refractivity (Wildman–Crippen MR) is 117 cm³/mol. The van der Waals surface area contributed by atoms with E-state index >= 15 is 0 Å². The maximum atomic E-state index is 5.04. The molecule has 2 heterocycles. The van der Waals surface area contributed by atoms with E-state index in [9.17, 15) is 0 Å². The minimum Gasteiger partial charge on any atom is -0.232 e. The Bertz CT molecular complexity index is 1290. The number of benzene rings is 3. The first kappa shape index (κ1) is 17.3. The van der Waals surface area contributed by atoms with E-state index in [1.54, 1.807) is 0 Å². The topological polar surface area (TPSA) is 43.6 Å². The molecule has 0 amide bonds. The number of hydrogen-bond acceptors (Lipinski definition) is 3. The standard InChI is InChI=1S/C25H20N4/c1-17-13-15-21(16-14-17)29-25(20-11-7-4-8-12-20)22-18(2)26-27-23(24(22)28-29)19-9-5-3-6-10-19/h3-16H,1-2H3. The van der Waals surface area contributed by atoms with E-state index in [1.165, 1.54) is 5.56 Å². The van der Waals surface area contributed by atoms with Gasteiger partial charge in [0.1, 0.15) is 11.2 Å². The monoisotopic (exact) mass is 376 g/mol. The second-order valence-electron chi connectivity index (χ2n) is 7.19. The van der Waals surface area contributed by atoms with Crippen LogP contribution in [0.3, 0.4) is 0 Å². The molecule has 0 radical (unpaired) electrons. The molecule has 4 nitrogen and oxygen atoms in total. The van der Waals surface area contributed by atoms with Gasteiger partial charge in [-0.05, 0) is 26.0 Å². The van der Waals surface area contributed by atoms with Crippen molar-refractivity contribution in [3.8, 4) is 28.2 Å². The molecule has 29 heavy (non-hydrogen) atoms. The first-order valence-electron chi connectivity index (χ1n) is 9.66. The molecule has 0 saturated heterocycles. The average Bonchev–Trinajstić information content (AvgIpc) is 3.17. The summed E-state index contributed by atoms with van der Waals surface area (Å²) in [5.41, 5.74) is 7.92. The summed E-state index contributed by atoms with van der Waals surface area (Å²) in [5.74, 6) is 0. The van der Waals surface area contributed by atoms with Crippen molar-refractivity contribution in [3.05, 3.63) is 96.2 Å². The minimum atomic E-state index is 0.800. The van der Waals surface area contributed by atoms with Crippen molar-refractivity contribution < 1.29 is 0 Å². The van der Waals surface area contributed by atoms with E-state index in [2.05, 4.69) is 65.7 Å². The van der Waals surface area contributed by atoms with Gasteiger partial charge in [-0.25, -0.2) is 4.68 Å². The summed E-state index contributed by atoms with van der Waals surface area (Å²) in [7, 11) is 0. The molecule has 140 valence electrons. The van der Waals surface area contributed by atoms with Crippen LogP contribution < -0.4 is 0 Å². The summed E-state index contributed by atoms with van der Waals surface area (Å²) in [4.78, 5) is 0. The zero-order valence-electron chi connectivity index (χ0n) is 16.4. The molecule has 0 saturated carbocycles. The molecule has 0 aliphatic rings. The molecule has 0 aliphatic carbocycles.